The maximum atomic E-state index is 12.3. The minimum Gasteiger partial charge on any atom is -0.305 e. The molecule has 6 nitrogen and oxygen atoms in total. The summed E-state index contributed by atoms with van der Waals surface area (Å²) in [6.45, 7) is 0. The van der Waals surface area contributed by atoms with Crippen molar-refractivity contribution in [3.8, 4) is 17.3 Å². The number of aromatic nitrogens is 3. The number of carbonyl (C=O) groups is 1. The highest BCUT2D eigenvalue weighted by molar-refractivity contribution is 6.03. The van der Waals surface area contributed by atoms with Crippen LogP contribution in [0.15, 0.2) is 72.9 Å². The Kier molecular flexibility index (Phi) is 3.88. The first kappa shape index (κ1) is 15.5. The lowest BCUT2D eigenvalue weighted by atomic mass is 10.1. The second-order valence-corrected chi connectivity index (χ2v) is 5.66. The van der Waals surface area contributed by atoms with Gasteiger partial charge in [0, 0.05) is 11.1 Å². The minimum atomic E-state index is -0.291. The highest BCUT2D eigenvalue weighted by atomic mass is 16.1. The fourth-order valence-electron chi connectivity index (χ4n) is 2.59. The Morgan fingerprint density at radius 1 is 1.00 bits per heavy atom. The molecule has 2 heterocycles. The van der Waals surface area contributed by atoms with Crippen molar-refractivity contribution in [2.24, 2.45) is 0 Å². The summed E-state index contributed by atoms with van der Waals surface area (Å²) < 4.78 is 1.64. The SMILES string of the molecule is N#Cc1ccc(C(=O)Nc2cn3nc(-c4ccccc4)ccc3n2)cc1. The van der Waals surface area contributed by atoms with Crippen molar-refractivity contribution in [1.82, 2.24) is 14.6 Å². The first-order valence-corrected chi connectivity index (χ1v) is 7.96. The maximum absolute atomic E-state index is 12.3. The fourth-order valence-corrected chi connectivity index (χ4v) is 2.59. The molecule has 0 aliphatic carbocycles. The third-order valence-corrected chi connectivity index (χ3v) is 3.91. The Morgan fingerprint density at radius 2 is 1.77 bits per heavy atom. The van der Waals surface area contributed by atoms with E-state index in [1.165, 1.54) is 0 Å². The van der Waals surface area contributed by atoms with Gasteiger partial charge >= 0.3 is 0 Å². The van der Waals surface area contributed by atoms with Crippen molar-refractivity contribution in [1.29, 1.82) is 5.26 Å². The summed E-state index contributed by atoms with van der Waals surface area (Å²) in [6, 6.07) is 22.0. The molecule has 0 atom stereocenters. The van der Waals surface area contributed by atoms with E-state index < -0.39 is 0 Å². The van der Waals surface area contributed by atoms with E-state index in [0.29, 0.717) is 22.6 Å². The van der Waals surface area contributed by atoms with E-state index in [-0.39, 0.29) is 5.91 Å². The summed E-state index contributed by atoms with van der Waals surface area (Å²) >= 11 is 0. The van der Waals surface area contributed by atoms with E-state index in [0.717, 1.165) is 11.3 Å². The number of fused-ring (bicyclic) bond motifs is 1. The number of amides is 1. The molecule has 2 aromatic heterocycles. The van der Waals surface area contributed by atoms with Crippen LogP contribution in [0.2, 0.25) is 0 Å². The van der Waals surface area contributed by atoms with Crippen molar-refractivity contribution in [3.63, 3.8) is 0 Å². The van der Waals surface area contributed by atoms with Crippen LogP contribution in [0.25, 0.3) is 16.9 Å². The molecule has 0 bridgehead atoms. The Hall–Kier alpha value is -3.98. The molecule has 6 heteroatoms. The van der Waals surface area contributed by atoms with Gasteiger partial charge in [0.2, 0.25) is 0 Å². The molecular formula is C20H13N5O. The zero-order chi connectivity index (χ0) is 17.9. The summed E-state index contributed by atoms with van der Waals surface area (Å²) in [4.78, 5) is 16.7. The molecule has 2 aromatic carbocycles. The largest absolute Gasteiger partial charge is 0.305 e. The van der Waals surface area contributed by atoms with Gasteiger partial charge < -0.3 is 5.32 Å². The third-order valence-electron chi connectivity index (χ3n) is 3.91. The lowest BCUT2D eigenvalue weighted by molar-refractivity contribution is 0.102. The van der Waals surface area contributed by atoms with Crippen molar-refractivity contribution in [3.05, 3.63) is 84.1 Å². The van der Waals surface area contributed by atoms with Crippen LogP contribution in [0.4, 0.5) is 5.82 Å². The zero-order valence-electron chi connectivity index (χ0n) is 13.6. The standard InChI is InChI=1S/C20H13N5O/c21-12-14-6-8-16(9-7-14)20(26)23-18-13-25-19(22-18)11-10-17(24-25)15-4-2-1-3-5-15/h1-11,13H,(H,23,26). The highest BCUT2D eigenvalue weighted by Crippen LogP contribution is 2.18. The van der Waals surface area contributed by atoms with Crippen LogP contribution in [0.3, 0.4) is 0 Å². The average molecular weight is 339 g/mol. The van der Waals surface area contributed by atoms with Gasteiger partial charge in [-0.25, -0.2) is 9.50 Å². The molecule has 0 fully saturated rings. The van der Waals surface area contributed by atoms with Gasteiger partial charge in [-0.2, -0.15) is 10.4 Å². The van der Waals surface area contributed by atoms with E-state index in [1.54, 1.807) is 35.0 Å². The fraction of sp³-hybridized carbons (Fsp3) is 0. The quantitative estimate of drug-likeness (QED) is 0.619. The summed E-state index contributed by atoms with van der Waals surface area (Å²) in [7, 11) is 0. The molecule has 0 unspecified atom stereocenters. The molecule has 0 saturated heterocycles. The molecule has 26 heavy (non-hydrogen) atoms. The molecule has 1 amide bonds. The molecule has 124 valence electrons. The molecule has 0 aliphatic heterocycles. The number of imidazole rings is 1. The van der Waals surface area contributed by atoms with Gasteiger partial charge in [0.25, 0.3) is 5.91 Å². The van der Waals surface area contributed by atoms with Gasteiger partial charge in [-0.1, -0.05) is 30.3 Å². The second-order valence-electron chi connectivity index (χ2n) is 5.66. The van der Waals surface area contributed by atoms with E-state index in [2.05, 4.69) is 15.4 Å². The summed E-state index contributed by atoms with van der Waals surface area (Å²) in [5.74, 6) is 0.123. The number of nitriles is 1. The molecule has 0 saturated carbocycles. The lowest BCUT2D eigenvalue weighted by Crippen LogP contribution is -2.11. The van der Waals surface area contributed by atoms with E-state index in [4.69, 9.17) is 5.26 Å². The Bertz CT molecular complexity index is 1120. The number of nitrogens with one attached hydrogen (secondary N) is 1. The first-order chi connectivity index (χ1) is 12.7. The van der Waals surface area contributed by atoms with Crippen molar-refractivity contribution >= 4 is 17.4 Å². The number of hydrogen-bond acceptors (Lipinski definition) is 4. The molecule has 0 spiro atoms. The van der Waals surface area contributed by atoms with Crippen molar-refractivity contribution in [2.45, 2.75) is 0 Å². The molecule has 0 aliphatic rings. The second kappa shape index (κ2) is 6.49. The maximum Gasteiger partial charge on any atom is 0.256 e. The smallest absolute Gasteiger partial charge is 0.256 e. The molecule has 4 rings (SSSR count). The summed E-state index contributed by atoms with van der Waals surface area (Å²) in [5.41, 5.74) is 3.43. The Morgan fingerprint density at radius 3 is 2.50 bits per heavy atom. The van der Waals surface area contributed by atoms with Gasteiger partial charge in [0.05, 0.1) is 23.5 Å². The number of hydrogen-bond donors (Lipinski definition) is 1. The summed E-state index contributed by atoms with van der Waals surface area (Å²) in [5, 5.41) is 16.1. The monoisotopic (exact) mass is 339 g/mol. The van der Waals surface area contributed by atoms with Crippen LogP contribution in [-0.2, 0) is 0 Å². The number of nitrogens with zero attached hydrogens (tertiary/aromatic N) is 4. The van der Waals surface area contributed by atoms with E-state index >= 15 is 0 Å². The van der Waals surface area contributed by atoms with E-state index in [9.17, 15) is 4.79 Å². The molecular weight excluding hydrogens is 326 g/mol. The minimum absolute atomic E-state index is 0.291. The number of rotatable bonds is 3. The van der Waals surface area contributed by atoms with Gasteiger partial charge in [0.15, 0.2) is 11.5 Å². The van der Waals surface area contributed by atoms with Crippen LogP contribution < -0.4 is 5.32 Å². The third kappa shape index (κ3) is 3.01. The molecule has 1 N–H and O–H groups in total. The Balaban J connectivity index is 1.59. The molecule has 4 aromatic rings. The topological polar surface area (TPSA) is 83.1 Å². The van der Waals surface area contributed by atoms with E-state index in [1.807, 2.05) is 48.5 Å². The predicted octanol–water partition coefficient (Wildman–Crippen LogP) is 3.52. The van der Waals surface area contributed by atoms with Crippen molar-refractivity contribution in [2.75, 3.05) is 5.32 Å². The first-order valence-electron chi connectivity index (χ1n) is 7.96. The summed E-state index contributed by atoms with van der Waals surface area (Å²) in [6.07, 6.45) is 1.67. The normalized spacial score (nSPS) is 10.4. The lowest BCUT2D eigenvalue weighted by Gasteiger charge is -2.01. The van der Waals surface area contributed by atoms with Crippen molar-refractivity contribution < 1.29 is 4.79 Å². The van der Waals surface area contributed by atoms with Gasteiger partial charge in [-0.15, -0.1) is 0 Å². The number of anilines is 1. The number of carbonyl (C=O) groups excluding carboxylic acids is 1. The van der Waals surface area contributed by atoms with Crippen LogP contribution in [0.1, 0.15) is 15.9 Å². The van der Waals surface area contributed by atoms with Gasteiger partial charge in [0.1, 0.15) is 0 Å². The van der Waals surface area contributed by atoms with Gasteiger partial charge in [-0.05, 0) is 36.4 Å². The Labute approximate surface area is 149 Å². The van der Waals surface area contributed by atoms with Crippen LogP contribution >= 0.6 is 0 Å². The predicted molar refractivity (Wildman–Crippen MR) is 97.5 cm³/mol. The zero-order valence-corrected chi connectivity index (χ0v) is 13.6. The average Bonchev–Trinajstić information content (AvgIpc) is 3.10. The highest BCUT2D eigenvalue weighted by Gasteiger charge is 2.10. The van der Waals surface area contributed by atoms with Crippen LogP contribution in [0.5, 0.6) is 0 Å². The van der Waals surface area contributed by atoms with Gasteiger partial charge in [-0.3, -0.25) is 4.79 Å². The number of benzene rings is 2. The van der Waals surface area contributed by atoms with Crippen LogP contribution in [-0.4, -0.2) is 20.5 Å². The van der Waals surface area contributed by atoms with Crippen LogP contribution in [0, 0.1) is 11.3 Å². The molecule has 0 radical (unpaired) electrons.